The molecule has 12 nitrogen and oxygen atoms in total. The maximum Gasteiger partial charge on any atom is 0.254 e. The van der Waals surface area contributed by atoms with Gasteiger partial charge >= 0.3 is 0 Å². The van der Waals surface area contributed by atoms with E-state index in [0.717, 1.165) is 97.9 Å². The number of aliphatic hydroxyl groups is 1. The Morgan fingerprint density at radius 3 is 1.92 bits per heavy atom. The topological polar surface area (TPSA) is 140 Å². The number of aromatic nitrogens is 2. The Bertz CT molecular complexity index is 2620. The molecule has 2 unspecified atom stereocenters. The van der Waals surface area contributed by atoms with Crippen molar-refractivity contribution < 1.29 is 23.7 Å². The molecule has 0 bridgehead atoms. The lowest BCUT2D eigenvalue weighted by molar-refractivity contribution is -0.127. The number of benzene rings is 4. The van der Waals surface area contributed by atoms with Crippen LogP contribution in [0.5, 0.6) is 0 Å². The van der Waals surface area contributed by atoms with Gasteiger partial charge in [0, 0.05) is 72.8 Å². The summed E-state index contributed by atoms with van der Waals surface area (Å²) >= 11 is 0. The van der Waals surface area contributed by atoms with Gasteiger partial charge in [-0.05, 0) is 99.7 Å². The molecule has 0 radical (unpaired) electrons. The van der Waals surface area contributed by atoms with Crippen molar-refractivity contribution in [1.82, 2.24) is 25.0 Å². The van der Waals surface area contributed by atoms with Crippen LogP contribution in [0.2, 0.25) is 0 Å². The lowest BCUT2D eigenvalue weighted by Gasteiger charge is -2.44. The number of nitrogens with zero attached hydrogens (tertiary/aromatic N) is 5. The van der Waals surface area contributed by atoms with Gasteiger partial charge in [-0.15, -0.1) is 0 Å². The molecule has 2 amide bonds. The molecule has 3 N–H and O–H groups in total. The number of anilines is 2. The SMILES string of the molecule is Cc1noc(C)c1-c1ccc2c(c1)C(c1ccc(-c3cc(-c4c(C)noc4C)cc4c3NC(=O)C4(c3ccccc3)N3CCN(C)CC3)cc1)(N1CCC[C@H](O)C1)C(=O)N2. The van der Waals surface area contributed by atoms with E-state index in [1.807, 2.05) is 70.2 Å². The Morgan fingerprint density at radius 2 is 1.27 bits per heavy atom. The Hall–Kier alpha value is -5.92. The molecule has 10 rings (SSSR count). The maximum atomic E-state index is 15.0. The number of carbonyl (C=O) groups is 2. The fourth-order valence-electron chi connectivity index (χ4n) is 10.5. The van der Waals surface area contributed by atoms with Crippen LogP contribution in [0, 0.1) is 27.7 Å². The number of likely N-dealkylation sites (tertiary alicyclic amines) is 1. The van der Waals surface area contributed by atoms with E-state index in [2.05, 4.69) is 85.2 Å². The first-order valence-electron chi connectivity index (χ1n) is 20.9. The summed E-state index contributed by atoms with van der Waals surface area (Å²) in [5.41, 5.74) is 9.47. The van der Waals surface area contributed by atoms with Crippen LogP contribution in [0.1, 0.15) is 58.0 Å². The summed E-state index contributed by atoms with van der Waals surface area (Å²) in [6, 6.07) is 28.6. The quantitative estimate of drug-likeness (QED) is 0.155. The van der Waals surface area contributed by atoms with Gasteiger partial charge in [-0.2, -0.15) is 0 Å². The van der Waals surface area contributed by atoms with Gasteiger partial charge in [-0.1, -0.05) is 71.0 Å². The van der Waals surface area contributed by atoms with Crippen molar-refractivity contribution in [3.05, 3.63) is 130 Å². The molecule has 60 heavy (non-hydrogen) atoms. The number of aliphatic hydroxyl groups excluding tert-OH is 1. The van der Waals surface area contributed by atoms with Crippen LogP contribution in [0.4, 0.5) is 11.4 Å². The van der Waals surface area contributed by atoms with E-state index >= 15 is 0 Å². The molecule has 4 aliphatic heterocycles. The van der Waals surface area contributed by atoms with Gasteiger partial charge in [0.15, 0.2) is 11.1 Å². The molecule has 0 aliphatic carbocycles. The van der Waals surface area contributed by atoms with E-state index in [9.17, 15) is 14.7 Å². The second-order valence-corrected chi connectivity index (χ2v) is 16.9. The predicted octanol–water partition coefficient (Wildman–Crippen LogP) is 6.99. The standard InChI is InChI=1S/C48H49N7O5/c1-28-42(30(3)59-51-28)33-15-18-41-39(25-33)47(45(57)49-41,55-19-9-12-37(56)27-55)36-16-13-32(14-17-36)38-24-34(43-29(2)52-60-31(43)4)26-40-44(38)50-46(58)48(40,35-10-7-6-8-11-35)54-22-20-53(5)21-23-54/h6-8,10-11,13-18,24-26,37,56H,9,12,19-23,27H2,1-5H3,(H,49,57)(H,50,58)/t37-,47?,48?/m0/s1. The van der Waals surface area contributed by atoms with Crippen LogP contribution in [0.25, 0.3) is 33.4 Å². The van der Waals surface area contributed by atoms with Gasteiger partial charge in [0.25, 0.3) is 11.8 Å². The van der Waals surface area contributed by atoms with Crippen molar-refractivity contribution >= 4 is 23.2 Å². The number of nitrogens with one attached hydrogen (secondary N) is 2. The third-order valence-corrected chi connectivity index (χ3v) is 13.4. The van der Waals surface area contributed by atoms with Gasteiger partial charge in [0.2, 0.25) is 0 Å². The van der Waals surface area contributed by atoms with Gasteiger partial charge in [0.05, 0.1) is 23.2 Å². The van der Waals surface area contributed by atoms with Crippen LogP contribution in [0.3, 0.4) is 0 Å². The number of hydrogen-bond acceptors (Lipinski definition) is 10. The first kappa shape index (κ1) is 38.3. The third-order valence-electron chi connectivity index (χ3n) is 13.4. The number of piperidine rings is 1. The van der Waals surface area contributed by atoms with Crippen LogP contribution in [-0.2, 0) is 20.7 Å². The van der Waals surface area contributed by atoms with Crippen LogP contribution in [0.15, 0.2) is 94.0 Å². The molecule has 6 aromatic rings. The number of likely N-dealkylation sites (N-methyl/N-ethyl adjacent to an activating group) is 1. The molecule has 3 atom stereocenters. The number of carbonyl (C=O) groups excluding carboxylic acids is 2. The number of aryl methyl sites for hydroxylation is 4. The molecule has 2 aromatic heterocycles. The average molecular weight is 804 g/mol. The highest BCUT2D eigenvalue weighted by Crippen LogP contribution is 2.53. The molecule has 0 saturated carbocycles. The first-order valence-corrected chi connectivity index (χ1v) is 20.9. The molecular weight excluding hydrogens is 755 g/mol. The molecular formula is C48H49N7O5. The number of fused-ring (bicyclic) bond motifs is 2. The monoisotopic (exact) mass is 803 g/mol. The van der Waals surface area contributed by atoms with E-state index in [1.54, 1.807) is 0 Å². The summed E-state index contributed by atoms with van der Waals surface area (Å²) < 4.78 is 11.3. The number of piperazine rings is 1. The zero-order valence-corrected chi connectivity index (χ0v) is 34.6. The molecule has 306 valence electrons. The van der Waals surface area contributed by atoms with E-state index < -0.39 is 17.2 Å². The Morgan fingerprint density at radius 1 is 0.667 bits per heavy atom. The molecule has 6 heterocycles. The summed E-state index contributed by atoms with van der Waals surface area (Å²) in [4.78, 5) is 36.4. The van der Waals surface area contributed by atoms with Crippen LogP contribution < -0.4 is 10.6 Å². The first-order chi connectivity index (χ1) is 29.0. The zero-order valence-electron chi connectivity index (χ0n) is 34.6. The minimum absolute atomic E-state index is 0.0852. The largest absolute Gasteiger partial charge is 0.392 e. The zero-order chi connectivity index (χ0) is 41.5. The van der Waals surface area contributed by atoms with Crippen molar-refractivity contribution in [3.63, 3.8) is 0 Å². The van der Waals surface area contributed by atoms with E-state index in [4.69, 9.17) is 9.05 Å². The van der Waals surface area contributed by atoms with E-state index in [0.29, 0.717) is 44.1 Å². The average Bonchev–Trinajstić information content (AvgIpc) is 3.96. The third kappa shape index (κ3) is 5.65. The van der Waals surface area contributed by atoms with E-state index in [-0.39, 0.29) is 11.8 Å². The number of β-amino-alcohol motifs (C(OH)–C–C–N with tert-alkyl or cyclic N) is 1. The molecule has 2 saturated heterocycles. The van der Waals surface area contributed by atoms with Crippen molar-refractivity contribution in [2.75, 3.05) is 56.9 Å². The number of hydrogen-bond donors (Lipinski definition) is 3. The fraction of sp³-hybridized carbons (Fsp3) is 0.333. The smallest absolute Gasteiger partial charge is 0.254 e. The second-order valence-electron chi connectivity index (χ2n) is 16.9. The van der Waals surface area contributed by atoms with Crippen molar-refractivity contribution in [2.45, 2.75) is 57.7 Å². The highest BCUT2D eigenvalue weighted by molar-refractivity contribution is 6.13. The highest BCUT2D eigenvalue weighted by atomic mass is 16.5. The maximum absolute atomic E-state index is 15.0. The van der Waals surface area contributed by atoms with Gasteiger partial charge in [0.1, 0.15) is 11.5 Å². The number of rotatable bonds is 7. The summed E-state index contributed by atoms with van der Waals surface area (Å²) in [6.45, 7) is 11.8. The van der Waals surface area contributed by atoms with Gasteiger partial charge in [-0.3, -0.25) is 19.4 Å². The summed E-state index contributed by atoms with van der Waals surface area (Å²) in [7, 11) is 2.12. The molecule has 2 fully saturated rings. The lowest BCUT2D eigenvalue weighted by Crippen LogP contribution is -2.58. The summed E-state index contributed by atoms with van der Waals surface area (Å²) in [6.07, 6.45) is 0.862. The Labute approximate surface area is 349 Å². The van der Waals surface area contributed by atoms with Crippen molar-refractivity contribution in [3.8, 4) is 33.4 Å². The van der Waals surface area contributed by atoms with Gasteiger partial charge < -0.3 is 29.7 Å². The van der Waals surface area contributed by atoms with Crippen LogP contribution in [-0.4, -0.2) is 94.4 Å². The van der Waals surface area contributed by atoms with E-state index in [1.165, 1.54) is 0 Å². The van der Waals surface area contributed by atoms with Crippen molar-refractivity contribution in [2.24, 2.45) is 0 Å². The lowest BCUT2D eigenvalue weighted by atomic mass is 9.78. The minimum atomic E-state index is -1.22. The molecule has 12 heteroatoms. The van der Waals surface area contributed by atoms with Gasteiger partial charge in [-0.25, -0.2) is 0 Å². The molecule has 4 aliphatic rings. The second kappa shape index (κ2) is 14.4. The van der Waals surface area contributed by atoms with Crippen LogP contribution >= 0.6 is 0 Å². The predicted molar refractivity (Wildman–Crippen MR) is 229 cm³/mol. The fourth-order valence-corrected chi connectivity index (χ4v) is 10.5. The molecule has 4 aromatic carbocycles. The normalized spacial score (nSPS) is 23.4. The number of amides is 2. The van der Waals surface area contributed by atoms with Crippen molar-refractivity contribution in [1.29, 1.82) is 0 Å². The molecule has 0 spiro atoms. The Balaban J connectivity index is 1.17. The highest BCUT2D eigenvalue weighted by Gasteiger charge is 2.55. The minimum Gasteiger partial charge on any atom is -0.392 e. The summed E-state index contributed by atoms with van der Waals surface area (Å²) in [5, 5.41) is 26.2. The summed E-state index contributed by atoms with van der Waals surface area (Å²) in [5.74, 6) is 1.15. The Kier molecular flexibility index (Phi) is 9.17.